The van der Waals surface area contributed by atoms with Crippen LogP contribution in [0, 0.1) is 0 Å². The SMILES string of the molecule is c1cncc(CSc2nnc(-c3ccc4c(c3)OCCO4)o2)c1. The molecular weight excluding hydrogens is 314 g/mol. The highest BCUT2D eigenvalue weighted by molar-refractivity contribution is 7.98. The smallest absolute Gasteiger partial charge is 0.277 e. The van der Waals surface area contributed by atoms with Gasteiger partial charge in [0, 0.05) is 23.7 Å². The maximum absolute atomic E-state index is 5.71. The Kier molecular flexibility index (Phi) is 3.85. The van der Waals surface area contributed by atoms with E-state index >= 15 is 0 Å². The van der Waals surface area contributed by atoms with Crippen molar-refractivity contribution in [3.05, 3.63) is 48.3 Å². The second-order valence-electron chi connectivity index (χ2n) is 4.88. The molecule has 6 nitrogen and oxygen atoms in total. The highest BCUT2D eigenvalue weighted by Crippen LogP contribution is 2.34. The number of rotatable bonds is 4. The van der Waals surface area contributed by atoms with Gasteiger partial charge in [0.2, 0.25) is 5.89 Å². The molecule has 3 aromatic rings. The fourth-order valence-corrected chi connectivity index (χ4v) is 2.89. The Labute approximate surface area is 136 Å². The van der Waals surface area contributed by atoms with Crippen LogP contribution in [-0.4, -0.2) is 28.4 Å². The zero-order chi connectivity index (χ0) is 15.5. The quantitative estimate of drug-likeness (QED) is 0.681. The number of aromatic nitrogens is 3. The molecule has 0 bridgehead atoms. The molecule has 1 aromatic carbocycles. The van der Waals surface area contributed by atoms with Crippen molar-refractivity contribution in [3.8, 4) is 23.0 Å². The monoisotopic (exact) mass is 327 g/mol. The number of benzene rings is 1. The lowest BCUT2D eigenvalue weighted by atomic mass is 10.2. The molecule has 0 unspecified atom stereocenters. The van der Waals surface area contributed by atoms with Gasteiger partial charge in [-0.2, -0.15) is 0 Å². The van der Waals surface area contributed by atoms with Gasteiger partial charge in [0.1, 0.15) is 13.2 Å². The van der Waals surface area contributed by atoms with E-state index in [2.05, 4.69) is 15.2 Å². The summed E-state index contributed by atoms with van der Waals surface area (Å²) in [7, 11) is 0. The van der Waals surface area contributed by atoms with Crippen molar-refractivity contribution in [2.75, 3.05) is 13.2 Å². The lowest BCUT2D eigenvalue weighted by Gasteiger charge is -2.18. The average Bonchev–Trinajstić information content (AvgIpc) is 3.09. The first-order chi connectivity index (χ1) is 11.4. The van der Waals surface area contributed by atoms with Crippen molar-refractivity contribution in [2.45, 2.75) is 11.0 Å². The lowest BCUT2D eigenvalue weighted by Crippen LogP contribution is -2.15. The Morgan fingerprint density at radius 2 is 1.96 bits per heavy atom. The largest absolute Gasteiger partial charge is 0.486 e. The van der Waals surface area contributed by atoms with Gasteiger partial charge in [-0.05, 0) is 29.8 Å². The van der Waals surface area contributed by atoms with E-state index in [-0.39, 0.29) is 0 Å². The summed E-state index contributed by atoms with van der Waals surface area (Å²) >= 11 is 1.48. The number of nitrogens with zero attached hydrogens (tertiary/aromatic N) is 3. The van der Waals surface area contributed by atoms with Gasteiger partial charge in [0.25, 0.3) is 5.22 Å². The highest BCUT2D eigenvalue weighted by atomic mass is 32.2. The Bertz CT molecular complexity index is 807. The van der Waals surface area contributed by atoms with Crippen molar-refractivity contribution in [1.82, 2.24) is 15.2 Å². The zero-order valence-electron chi connectivity index (χ0n) is 12.1. The maximum Gasteiger partial charge on any atom is 0.277 e. The first kappa shape index (κ1) is 14.1. The molecule has 4 rings (SSSR count). The molecule has 2 aromatic heterocycles. The summed E-state index contributed by atoms with van der Waals surface area (Å²) in [5.74, 6) is 2.65. The lowest BCUT2D eigenvalue weighted by molar-refractivity contribution is 0.171. The molecule has 7 heteroatoms. The second kappa shape index (κ2) is 6.29. The Morgan fingerprint density at radius 3 is 2.83 bits per heavy atom. The minimum atomic E-state index is 0.468. The Hall–Kier alpha value is -2.54. The molecule has 1 aliphatic rings. The molecule has 0 atom stereocenters. The molecule has 0 saturated carbocycles. The summed E-state index contributed by atoms with van der Waals surface area (Å²) < 4.78 is 16.8. The van der Waals surface area contributed by atoms with Crippen LogP contribution in [0.2, 0.25) is 0 Å². The number of hydrogen-bond acceptors (Lipinski definition) is 7. The predicted octanol–water partition coefficient (Wildman–Crippen LogP) is 3.20. The van der Waals surface area contributed by atoms with E-state index in [1.165, 1.54) is 11.8 Å². The van der Waals surface area contributed by atoms with Gasteiger partial charge < -0.3 is 13.9 Å². The molecule has 0 fully saturated rings. The van der Waals surface area contributed by atoms with Crippen LogP contribution in [0.3, 0.4) is 0 Å². The molecule has 116 valence electrons. The van der Waals surface area contributed by atoms with Gasteiger partial charge in [-0.25, -0.2) is 0 Å². The summed E-state index contributed by atoms with van der Waals surface area (Å²) in [5, 5.41) is 8.70. The molecule has 0 N–H and O–H groups in total. The molecule has 0 saturated heterocycles. The van der Waals surface area contributed by atoms with Crippen molar-refractivity contribution >= 4 is 11.8 Å². The summed E-state index contributed by atoms with van der Waals surface area (Å²) in [4.78, 5) is 4.08. The van der Waals surface area contributed by atoms with Crippen LogP contribution in [0.25, 0.3) is 11.5 Å². The van der Waals surface area contributed by atoms with Crippen molar-refractivity contribution < 1.29 is 13.9 Å². The molecular formula is C16H13N3O3S. The van der Waals surface area contributed by atoms with E-state index in [1.54, 1.807) is 6.20 Å². The van der Waals surface area contributed by atoms with Crippen LogP contribution < -0.4 is 9.47 Å². The minimum Gasteiger partial charge on any atom is -0.486 e. The van der Waals surface area contributed by atoms with E-state index < -0.39 is 0 Å². The van der Waals surface area contributed by atoms with E-state index in [9.17, 15) is 0 Å². The zero-order valence-corrected chi connectivity index (χ0v) is 13.0. The van der Waals surface area contributed by atoms with Crippen LogP contribution >= 0.6 is 11.8 Å². The maximum atomic E-state index is 5.71. The number of thioether (sulfide) groups is 1. The molecule has 0 radical (unpaired) electrons. The molecule has 1 aliphatic heterocycles. The van der Waals surface area contributed by atoms with Gasteiger partial charge in [0.05, 0.1) is 0 Å². The van der Waals surface area contributed by atoms with Crippen molar-refractivity contribution in [2.24, 2.45) is 0 Å². The van der Waals surface area contributed by atoms with Gasteiger partial charge in [0.15, 0.2) is 11.5 Å². The number of ether oxygens (including phenoxy) is 2. The Morgan fingerprint density at radius 1 is 1.04 bits per heavy atom. The number of hydrogen-bond donors (Lipinski definition) is 0. The van der Waals surface area contributed by atoms with E-state index in [4.69, 9.17) is 13.9 Å². The summed E-state index contributed by atoms with van der Waals surface area (Å²) in [5.41, 5.74) is 1.92. The van der Waals surface area contributed by atoms with Crippen molar-refractivity contribution in [3.63, 3.8) is 0 Å². The third-order valence-electron chi connectivity index (χ3n) is 3.28. The normalized spacial score (nSPS) is 13.0. The highest BCUT2D eigenvalue weighted by Gasteiger charge is 2.15. The van der Waals surface area contributed by atoms with E-state index in [0.29, 0.717) is 30.1 Å². The first-order valence-corrected chi connectivity index (χ1v) is 8.12. The Balaban J connectivity index is 1.49. The van der Waals surface area contributed by atoms with Crippen LogP contribution in [0.4, 0.5) is 0 Å². The molecule has 3 heterocycles. The van der Waals surface area contributed by atoms with Gasteiger partial charge in [-0.3, -0.25) is 4.98 Å². The summed E-state index contributed by atoms with van der Waals surface area (Å²) in [6.07, 6.45) is 3.58. The fraction of sp³-hybridized carbons (Fsp3) is 0.188. The van der Waals surface area contributed by atoms with Gasteiger partial charge in [-0.15, -0.1) is 10.2 Å². The summed E-state index contributed by atoms with van der Waals surface area (Å²) in [6, 6.07) is 9.52. The van der Waals surface area contributed by atoms with Crippen LogP contribution in [-0.2, 0) is 5.75 Å². The first-order valence-electron chi connectivity index (χ1n) is 7.14. The molecule has 0 amide bonds. The minimum absolute atomic E-state index is 0.468. The van der Waals surface area contributed by atoms with Crippen LogP contribution in [0.15, 0.2) is 52.4 Å². The third kappa shape index (κ3) is 3.14. The summed E-state index contributed by atoms with van der Waals surface area (Å²) in [6.45, 7) is 1.12. The molecule has 0 spiro atoms. The molecule has 23 heavy (non-hydrogen) atoms. The number of pyridine rings is 1. The molecule has 0 aliphatic carbocycles. The fourth-order valence-electron chi connectivity index (χ4n) is 2.19. The van der Waals surface area contributed by atoms with E-state index in [1.807, 2.05) is 36.5 Å². The average molecular weight is 327 g/mol. The number of fused-ring (bicyclic) bond motifs is 1. The standard InChI is InChI=1S/C16H13N3O3S/c1-2-11(9-17-5-1)10-23-16-19-18-15(22-16)12-3-4-13-14(8-12)21-7-6-20-13/h1-5,8-9H,6-7,10H2. The van der Waals surface area contributed by atoms with Gasteiger partial charge >= 0.3 is 0 Å². The second-order valence-corrected chi connectivity index (χ2v) is 5.81. The van der Waals surface area contributed by atoms with Crippen LogP contribution in [0.5, 0.6) is 11.5 Å². The van der Waals surface area contributed by atoms with Crippen molar-refractivity contribution in [1.29, 1.82) is 0 Å². The third-order valence-corrected chi connectivity index (χ3v) is 4.17. The predicted molar refractivity (Wildman–Crippen MR) is 84.5 cm³/mol. The van der Waals surface area contributed by atoms with Gasteiger partial charge in [-0.1, -0.05) is 17.8 Å². The topological polar surface area (TPSA) is 70.3 Å². The van der Waals surface area contributed by atoms with Crippen LogP contribution in [0.1, 0.15) is 5.56 Å². The van der Waals surface area contributed by atoms with E-state index in [0.717, 1.165) is 22.6 Å².